The lowest BCUT2D eigenvalue weighted by Crippen LogP contribution is -2.01. The molecular weight excluding hydrogens is 270 g/mol. The molecule has 3 heteroatoms. The van der Waals surface area contributed by atoms with Crippen LogP contribution in [0.3, 0.4) is 0 Å². The van der Waals surface area contributed by atoms with E-state index in [-0.39, 0.29) is 0 Å². The molecule has 1 heterocycles. The maximum atomic E-state index is 10.5. The number of aromatic nitrogens is 1. The Morgan fingerprint density at radius 2 is 1.95 bits per heavy atom. The molecule has 0 saturated carbocycles. The molecular formula is C17H14ClNO. The maximum Gasteiger partial charge on any atom is 0.106 e. The summed E-state index contributed by atoms with van der Waals surface area (Å²) in [5, 5.41) is 12.2. The van der Waals surface area contributed by atoms with Gasteiger partial charge in [-0.25, -0.2) is 0 Å². The van der Waals surface area contributed by atoms with Crippen molar-refractivity contribution >= 4 is 22.5 Å². The van der Waals surface area contributed by atoms with Crippen LogP contribution in [0.5, 0.6) is 0 Å². The van der Waals surface area contributed by atoms with E-state index in [9.17, 15) is 5.11 Å². The normalized spacial score (nSPS) is 12.6. The van der Waals surface area contributed by atoms with Crippen LogP contribution in [0.2, 0.25) is 5.02 Å². The number of aryl methyl sites for hydroxylation is 1. The Labute approximate surface area is 122 Å². The van der Waals surface area contributed by atoms with Crippen molar-refractivity contribution in [3.63, 3.8) is 0 Å². The SMILES string of the molecule is Cc1cccc(C(O)c2ccc3cccnc3c2)c1Cl. The number of fused-ring (bicyclic) bond motifs is 1. The van der Waals surface area contributed by atoms with Crippen LogP contribution in [0.25, 0.3) is 10.9 Å². The summed E-state index contributed by atoms with van der Waals surface area (Å²) in [4.78, 5) is 4.31. The third-order valence-electron chi connectivity index (χ3n) is 3.46. The highest BCUT2D eigenvalue weighted by molar-refractivity contribution is 6.32. The number of hydrogen-bond acceptors (Lipinski definition) is 2. The van der Waals surface area contributed by atoms with Crippen molar-refractivity contribution in [3.05, 3.63) is 76.4 Å². The van der Waals surface area contributed by atoms with Gasteiger partial charge in [-0.2, -0.15) is 0 Å². The fourth-order valence-electron chi connectivity index (χ4n) is 2.31. The summed E-state index contributed by atoms with van der Waals surface area (Å²) < 4.78 is 0. The Bertz CT molecular complexity index is 770. The first kappa shape index (κ1) is 13.1. The van der Waals surface area contributed by atoms with E-state index in [0.29, 0.717) is 5.02 Å². The second-order valence-electron chi connectivity index (χ2n) is 4.84. The first-order valence-corrected chi connectivity index (χ1v) is 6.82. The molecule has 2 aromatic carbocycles. The summed E-state index contributed by atoms with van der Waals surface area (Å²) in [7, 11) is 0. The monoisotopic (exact) mass is 283 g/mol. The zero-order chi connectivity index (χ0) is 14.1. The average molecular weight is 284 g/mol. The van der Waals surface area contributed by atoms with Crippen molar-refractivity contribution < 1.29 is 5.11 Å². The van der Waals surface area contributed by atoms with Crippen molar-refractivity contribution in [2.75, 3.05) is 0 Å². The summed E-state index contributed by atoms with van der Waals surface area (Å²) in [6.45, 7) is 1.93. The average Bonchev–Trinajstić information content (AvgIpc) is 2.49. The fourth-order valence-corrected chi connectivity index (χ4v) is 2.54. The molecule has 0 amide bonds. The van der Waals surface area contributed by atoms with Crippen LogP contribution in [0.1, 0.15) is 22.8 Å². The molecule has 2 nitrogen and oxygen atoms in total. The lowest BCUT2D eigenvalue weighted by Gasteiger charge is -2.15. The highest BCUT2D eigenvalue weighted by Crippen LogP contribution is 2.31. The van der Waals surface area contributed by atoms with Crippen molar-refractivity contribution in [2.45, 2.75) is 13.0 Å². The Morgan fingerprint density at radius 3 is 2.80 bits per heavy atom. The van der Waals surface area contributed by atoms with Gasteiger partial charge in [-0.1, -0.05) is 48.0 Å². The molecule has 100 valence electrons. The summed E-state index contributed by atoms with van der Waals surface area (Å²) in [6.07, 6.45) is 1.01. The molecule has 1 unspecified atom stereocenters. The second-order valence-corrected chi connectivity index (χ2v) is 5.21. The summed E-state index contributed by atoms with van der Waals surface area (Å²) in [5.41, 5.74) is 3.35. The lowest BCUT2D eigenvalue weighted by molar-refractivity contribution is 0.220. The fraction of sp³-hybridized carbons (Fsp3) is 0.118. The third kappa shape index (κ3) is 2.28. The van der Waals surface area contributed by atoms with Crippen LogP contribution in [-0.2, 0) is 0 Å². The molecule has 0 aliphatic heterocycles. The first-order valence-electron chi connectivity index (χ1n) is 6.44. The quantitative estimate of drug-likeness (QED) is 0.761. The van der Waals surface area contributed by atoms with Crippen molar-refractivity contribution in [1.82, 2.24) is 4.98 Å². The van der Waals surface area contributed by atoms with Gasteiger partial charge in [0.15, 0.2) is 0 Å². The van der Waals surface area contributed by atoms with Gasteiger partial charge in [0.05, 0.1) is 5.52 Å². The molecule has 0 saturated heterocycles. The van der Waals surface area contributed by atoms with Gasteiger partial charge < -0.3 is 5.11 Å². The van der Waals surface area contributed by atoms with Crippen LogP contribution in [0, 0.1) is 6.92 Å². The molecule has 0 aliphatic carbocycles. The number of pyridine rings is 1. The maximum absolute atomic E-state index is 10.5. The molecule has 3 aromatic rings. The van der Waals surface area contributed by atoms with Crippen LogP contribution in [0.4, 0.5) is 0 Å². The summed E-state index contributed by atoms with van der Waals surface area (Å²) in [5.74, 6) is 0. The molecule has 1 N–H and O–H groups in total. The minimum atomic E-state index is -0.742. The van der Waals surface area contributed by atoms with Gasteiger partial charge in [0.1, 0.15) is 6.10 Å². The van der Waals surface area contributed by atoms with Gasteiger partial charge in [0.25, 0.3) is 0 Å². The minimum Gasteiger partial charge on any atom is -0.384 e. The smallest absolute Gasteiger partial charge is 0.106 e. The molecule has 20 heavy (non-hydrogen) atoms. The van der Waals surface area contributed by atoms with Crippen molar-refractivity contribution in [1.29, 1.82) is 0 Å². The van der Waals surface area contributed by atoms with E-state index in [1.165, 1.54) is 0 Å². The number of aliphatic hydroxyl groups excluding tert-OH is 1. The van der Waals surface area contributed by atoms with Crippen molar-refractivity contribution in [2.24, 2.45) is 0 Å². The predicted molar refractivity (Wildman–Crippen MR) is 82.0 cm³/mol. The molecule has 1 aromatic heterocycles. The molecule has 3 rings (SSSR count). The van der Waals surface area contributed by atoms with E-state index in [2.05, 4.69) is 4.98 Å². The summed E-state index contributed by atoms with van der Waals surface area (Å²) in [6, 6.07) is 15.4. The van der Waals surface area contributed by atoms with E-state index in [4.69, 9.17) is 11.6 Å². The molecule has 0 bridgehead atoms. The molecule has 0 radical (unpaired) electrons. The van der Waals surface area contributed by atoms with E-state index in [1.54, 1.807) is 6.20 Å². The van der Waals surface area contributed by atoms with Crippen molar-refractivity contribution in [3.8, 4) is 0 Å². The Balaban J connectivity index is 2.08. The number of benzene rings is 2. The Hall–Kier alpha value is -1.90. The van der Waals surface area contributed by atoms with Gasteiger partial charge in [0, 0.05) is 22.2 Å². The van der Waals surface area contributed by atoms with Crippen LogP contribution >= 0.6 is 11.6 Å². The number of halogens is 1. The molecule has 1 atom stereocenters. The topological polar surface area (TPSA) is 33.1 Å². The third-order valence-corrected chi connectivity index (χ3v) is 3.98. The van der Waals surface area contributed by atoms with Crippen LogP contribution in [0.15, 0.2) is 54.7 Å². The standard InChI is InChI=1S/C17H14ClNO/c1-11-4-2-6-14(16(11)18)17(20)13-8-7-12-5-3-9-19-15(12)10-13/h2-10,17,20H,1H3. The van der Waals surface area contributed by atoms with Gasteiger partial charge in [-0.3, -0.25) is 4.98 Å². The zero-order valence-corrected chi connectivity index (χ0v) is 11.8. The van der Waals surface area contributed by atoms with E-state index >= 15 is 0 Å². The van der Waals surface area contributed by atoms with Gasteiger partial charge >= 0.3 is 0 Å². The molecule has 0 spiro atoms. The summed E-state index contributed by atoms with van der Waals surface area (Å²) >= 11 is 6.28. The van der Waals surface area contributed by atoms with Gasteiger partial charge in [-0.05, 0) is 30.2 Å². The second kappa shape index (κ2) is 5.23. The molecule has 0 fully saturated rings. The zero-order valence-electron chi connectivity index (χ0n) is 11.0. The highest BCUT2D eigenvalue weighted by atomic mass is 35.5. The number of aliphatic hydroxyl groups is 1. The predicted octanol–water partition coefficient (Wildman–Crippen LogP) is 4.28. The number of hydrogen-bond donors (Lipinski definition) is 1. The van der Waals surface area contributed by atoms with Crippen LogP contribution in [-0.4, -0.2) is 10.1 Å². The number of rotatable bonds is 2. The Kier molecular flexibility index (Phi) is 3.43. The largest absolute Gasteiger partial charge is 0.384 e. The minimum absolute atomic E-state index is 0.612. The molecule has 0 aliphatic rings. The van der Waals surface area contributed by atoms with E-state index in [1.807, 2.05) is 55.5 Å². The van der Waals surface area contributed by atoms with Gasteiger partial charge in [0.2, 0.25) is 0 Å². The Morgan fingerprint density at radius 1 is 1.10 bits per heavy atom. The van der Waals surface area contributed by atoms with E-state index < -0.39 is 6.10 Å². The number of nitrogens with zero attached hydrogens (tertiary/aromatic N) is 1. The highest BCUT2D eigenvalue weighted by Gasteiger charge is 2.15. The van der Waals surface area contributed by atoms with Gasteiger partial charge in [-0.15, -0.1) is 0 Å². The first-order chi connectivity index (χ1) is 9.66. The van der Waals surface area contributed by atoms with E-state index in [0.717, 1.165) is 27.6 Å². The van der Waals surface area contributed by atoms with Crippen LogP contribution < -0.4 is 0 Å². The lowest BCUT2D eigenvalue weighted by atomic mass is 9.99.